The molecule has 0 saturated heterocycles. The predicted octanol–water partition coefficient (Wildman–Crippen LogP) is 3.30. The third kappa shape index (κ3) is 4.50. The van der Waals surface area contributed by atoms with Crippen LogP contribution in [0.1, 0.15) is 42.3 Å². The minimum atomic E-state index is -3.59. The molecule has 0 heterocycles. The first-order chi connectivity index (χ1) is 10.6. The number of rotatable bonds is 4. The highest BCUT2D eigenvalue weighted by Gasteiger charge is 2.22. The largest absolute Gasteiger partial charge is 0.289 e. The summed E-state index contributed by atoms with van der Waals surface area (Å²) >= 11 is 0. The second-order valence-corrected chi connectivity index (χ2v) is 8.26. The highest BCUT2D eigenvalue weighted by molar-refractivity contribution is 7.89. The van der Waals surface area contributed by atoms with Crippen molar-refractivity contribution in [3.8, 4) is 0 Å². The molecule has 2 aromatic rings. The van der Waals surface area contributed by atoms with E-state index >= 15 is 0 Å². The van der Waals surface area contributed by atoms with Crippen LogP contribution in [-0.4, -0.2) is 19.7 Å². The molecular formula is C18H21NO3S. The molecule has 0 aliphatic heterocycles. The van der Waals surface area contributed by atoms with Crippen LogP contribution in [0.4, 0.5) is 0 Å². The molecule has 0 fully saturated rings. The minimum absolute atomic E-state index is 0.127. The van der Waals surface area contributed by atoms with Crippen LogP contribution in [0.3, 0.4) is 0 Å². The molecule has 0 atom stereocenters. The Kier molecular flexibility index (Phi) is 4.73. The first kappa shape index (κ1) is 17.4. The van der Waals surface area contributed by atoms with Crippen LogP contribution in [0.15, 0.2) is 53.4 Å². The van der Waals surface area contributed by atoms with Crippen LogP contribution in [-0.2, 0) is 10.0 Å². The Morgan fingerprint density at radius 1 is 0.870 bits per heavy atom. The van der Waals surface area contributed by atoms with Gasteiger partial charge in [0.25, 0.3) is 0 Å². The Hall–Kier alpha value is -1.98. The van der Waals surface area contributed by atoms with E-state index in [0.29, 0.717) is 11.1 Å². The van der Waals surface area contributed by atoms with E-state index in [1.807, 2.05) is 19.1 Å². The molecule has 1 N–H and O–H groups in total. The number of carbonyl (C=O) groups excluding carboxylic acids is 1. The molecule has 0 aliphatic carbocycles. The number of hydrogen-bond acceptors (Lipinski definition) is 3. The van der Waals surface area contributed by atoms with Crippen molar-refractivity contribution >= 4 is 15.8 Å². The van der Waals surface area contributed by atoms with Gasteiger partial charge in [-0.2, -0.15) is 0 Å². The topological polar surface area (TPSA) is 63.2 Å². The third-order valence-electron chi connectivity index (χ3n) is 3.18. The van der Waals surface area contributed by atoms with Gasteiger partial charge in [0.05, 0.1) is 4.90 Å². The van der Waals surface area contributed by atoms with Crippen LogP contribution in [0.2, 0.25) is 0 Å². The molecule has 5 heteroatoms. The average molecular weight is 331 g/mol. The lowest BCUT2D eigenvalue weighted by molar-refractivity contribution is 0.103. The number of sulfonamides is 1. The van der Waals surface area contributed by atoms with Crippen LogP contribution >= 0.6 is 0 Å². The lowest BCUT2D eigenvalue weighted by Crippen LogP contribution is -2.40. The number of nitrogens with one attached hydrogen (secondary N) is 1. The highest BCUT2D eigenvalue weighted by Crippen LogP contribution is 2.16. The summed E-state index contributed by atoms with van der Waals surface area (Å²) in [5, 5.41) is 0. The summed E-state index contributed by atoms with van der Waals surface area (Å²) in [6.07, 6.45) is 0. The standard InChI is InChI=1S/C18H21NO3S/c1-13-5-7-14(8-6-13)17(20)15-9-11-16(12-10-15)23(21,22)19-18(2,3)4/h5-12,19H,1-4H3. The van der Waals surface area contributed by atoms with E-state index in [1.165, 1.54) is 12.1 Å². The van der Waals surface area contributed by atoms with Gasteiger partial charge in [-0.05, 0) is 52.0 Å². The van der Waals surface area contributed by atoms with Gasteiger partial charge in [-0.1, -0.05) is 29.8 Å². The third-order valence-corrected chi connectivity index (χ3v) is 4.95. The molecule has 0 saturated carbocycles. The lowest BCUT2D eigenvalue weighted by atomic mass is 10.0. The first-order valence-corrected chi connectivity index (χ1v) is 8.82. The molecule has 0 radical (unpaired) electrons. The minimum Gasteiger partial charge on any atom is -0.289 e. The van der Waals surface area contributed by atoms with E-state index in [-0.39, 0.29) is 10.7 Å². The van der Waals surface area contributed by atoms with E-state index in [9.17, 15) is 13.2 Å². The molecule has 4 nitrogen and oxygen atoms in total. The van der Waals surface area contributed by atoms with Gasteiger partial charge in [0, 0.05) is 16.7 Å². The summed E-state index contributed by atoms with van der Waals surface area (Å²) in [6, 6.07) is 13.3. The normalized spacial score (nSPS) is 12.2. The Bertz CT molecular complexity index is 799. The van der Waals surface area contributed by atoms with E-state index in [0.717, 1.165) is 5.56 Å². The smallest absolute Gasteiger partial charge is 0.241 e. The molecule has 0 aromatic heterocycles. The summed E-state index contributed by atoms with van der Waals surface area (Å²) in [6.45, 7) is 7.29. The predicted molar refractivity (Wildman–Crippen MR) is 91.1 cm³/mol. The molecular weight excluding hydrogens is 310 g/mol. The quantitative estimate of drug-likeness (QED) is 0.874. The molecule has 0 aliphatic rings. The fraction of sp³-hybridized carbons (Fsp3) is 0.278. The zero-order chi connectivity index (χ0) is 17.3. The van der Waals surface area contributed by atoms with E-state index in [4.69, 9.17) is 0 Å². The monoisotopic (exact) mass is 331 g/mol. The van der Waals surface area contributed by atoms with Crippen molar-refractivity contribution in [3.05, 3.63) is 65.2 Å². The van der Waals surface area contributed by atoms with Crippen molar-refractivity contribution in [3.63, 3.8) is 0 Å². The van der Waals surface area contributed by atoms with Crippen LogP contribution in [0.5, 0.6) is 0 Å². The van der Waals surface area contributed by atoms with E-state index in [2.05, 4.69) is 4.72 Å². The Morgan fingerprint density at radius 2 is 1.30 bits per heavy atom. The zero-order valence-electron chi connectivity index (χ0n) is 13.8. The van der Waals surface area contributed by atoms with E-state index < -0.39 is 15.6 Å². The van der Waals surface area contributed by atoms with Gasteiger partial charge in [0.2, 0.25) is 10.0 Å². The maximum atomic E-state index is 12.4. The summed E-state index contributed by atoms with van der Waals surface area (Å²) < 4.78 is 27.1. The molecule has 0 bridgehead atoms. The maximum absolute atomic E-state index is 12.4. The van der Waals surface area contributed by atoms with Gasteiger partial charge < -0.3 is 0 Å². The van der Waals surface area contributed by atoms with Crippen molar-refractivity contribution < 1.29 is 13.2 Å². The van der Waals surface area contributed by atoms with Crippen LogP contribution in [0, 0.1) is 6.92 Å². The zero-order valence-corrected chi connectivity index (χ0v) is 14.6. The molecule has 2 aromatic carbocycles. The first-order valence-electron chi connectivity index (χ1n) is 7.34. The molecule has 0 amide bonds. The lowest BCUT2D eigenvalue weighted by Gasteiger charge is -2.20. The van der Waals surface area contributed by atoms with Crippen molar-refractivity contribution in [1.82, 2.24) is 4.72 Å². The van der Waals surface area contributed by atoms with Gasteiger partial charge in [-0.25, -0.2) is 13.1 Å². The molecule has 2 rings (SSSR count). The second-order valence-electron chi connectivity index (χ2n) is 6.58. The fourth-order valence-electron chi connectivity index (χ4n) is 2.12. The van der Waals surface area contributed by atoms with Crippen LogP contribution < -0.4 is 4.72 Å². The number of benzene rings is 2. The van der Waals surface area contributed by atoms with Crippen LogP contribution in [0.25, 0.3) is 0 Å². The summed E-state index contributed by atoms with van der Waals surface area (Å²) in [7, 11) is -3.59. The molecule has 0 unspecified atom stereocenters. The highest BCUT2D eigenvalue weighted by atomic mass is 32.2. The summed E-state index contributed by atoms with van der Waals surface area (Å²) in [5.74, 6) is -0.127. The summed E-state index contributed by atoms with van der Waals surface area (Å²) in [5.41, 5.74) is 1.56. The second kappa shape index (κ2) is 6.26. The molecule has 0 spiro atoms. The van der Waals surface area contributed by atoms with Gasteiger partial charge >= 0.3 is 0 Å². The van der Waals surface area contributed by atoms with Crippen molar-refractivity contribution in [2.24, 2.45) is 0 Å². The van der Waals surface area contributed by atoms with Gasteiger partial charge in [-0.15, -0.1) is 0 Å². The Morgan fingerprint density at radius 3 is 1.74 bits per heavy atom. The fourth-order valence-corrected chi connectivity index (χ4v) is 3.54. The van der Waals surface area contributed by atoms with Crippen molar-refractivity contribution in [2.75, 3.05) is 0 Å². The molecule has 23 heavy (non-hydrogen) atoms. The SMILES string of the molecule is Cc1ccc(C(=O)c2ccc(S(=O)(=O)NC(C)(C)C)cc2)cc1. The van der Waals surface area contributed by atoms with Crippen molar-refractivity contribution in [1.29, 1.82) is 0 Å². The maximum Gasteiger partial charge on any atom is 0.241 e. The molecule has 122 valence electrons. The van der Waals surface area contributed by atoms with Gasteiger partial charge in [-0.3, -0.25) is 4.79 Å². The Labute approximate surface area is 137 Å². The van der Waals surface area contributed by atoms with Gasteiger partial charge in [0.1, 0.15) is 0 Å². The Balaban J connectivity index is 2.26. The summed E-state index contributed by atoms with van der Waals surface area (Å²) in [4.78, 5) is 12.5. The van der Waals surface area contributed by atoms with E-state index in [1.54, 1.807) is 45.0 Å². The number of ketones is 1. The number of carbonyl (C=O) groups is 1. The number of aryl methyl sites for hydroxylation is 1. The average Bonchev–Trinajstić information content (AvgIpc) is 2.45. The van der Waals surface area contributed by atoms with Crippen molar-refractivity contribution in [2.45, 2.75) is 38.1 Å². The number of hydrogen-bond donors (Lipinski definition) is 1. The van der Waals surface area contributed by atoms with Gasteiger partial charge in [0.15, 0.2) is 5.78 Å².